The fourth-order valence-corrected chi connectivity index (χ4v) is 5.62. The van der Waals surface area contributed by atoms with Crippen LogP contribution in [-0.2, 0) is 4.79 Å². The zero-order valence-electron chi connectivity index (χ0n) is 15.4. The van der Waals surface area contributed by atoms with Crippen molar-refractivity contribution in [2.75, 3.05) is 0 Å². The number of aliphatic hydroxyl groups excluding tert-OH is 1. The number of Topliss-reactive ketones (excluding diaryl/α,β-unsaturated/α-hetero) is 2. The Hall–Kier alpha value is -1.90. The van der Waals surface area contributed by atoms with Crippen molar-refractivity contribution in [2.45, 2.75) is 64.2 Å². The molecule has 0 heterocycles. The van der Waals surface area contributed by atoms with Crippen molar-refractivity contribution in [1.29, 1.82) is 0 Å². The number of hydrogen-bond acceptors (Lipinski definition) is 3. The van der Waals surface area contributed by atoms with Crippen molar-refractivity contribution in [3.63, 3.8) is 0 Å². The number of allylic oxidation sites excluding steroid dienone is 1. The van der Waals surface area contributed by atoms with Crippen molar-refractivity contribution in [1.82, 2.24) is 0 Å². The lowest BCUT2D eigenvalue weighted by atomic mass is 9.64. The Kier molecular flexibility index (Phi) is 4.97. The number of rotatable bonds is 4. The van der Waals surface area contributed by atoms with Crippen LogP contribution in [0.3, 0.4) is 0 Å². The van der Waals surface area contributed by atoms with Crippen LogP contribution in [0.5, 0.6) is 0 Å². The summed E-state index contributed by atoms with van der Waals surface area (Å²) in [5.74, 6) is 1.58. The van der Waals surface area contributed by atoms with Gasteiger partial charge in [0.2, 0.25) is 11.6 Å². The summed E-state index contributed by atoms with van der Waals surface area (Å²) < 4.78 is 0. The van der Waals surface area contributed by atoms with E-state index in [-0.39, 0.29) is 5.76 Å². The molecule has 3 nitrogen and oxygen atoms in total. The predicted octanol–water partition coefficient (Wildman–Crippen LogP) is 5.50. The molecular formula is C23H28O3. The number of carbonyl (C=O) groups is 2. The summed E-state index contributed by atoms with van der Waals surface area (Å²) in [6.45, 7) is 0. The van der Waals surface area contributed by atoms with Crippen LogP contribution in [0.15, 0.2) is 29.8 Å². The van der Waals surface area contributed by atoms with Crippen LogP contribution >= 0.6 is 0 Å². The summed E-state index contributed by atoms with van der Waals surface area (Å²) in [5, 5.41) is 10.5. The minimum Gasteiger partial charge on any atom is -0.507 e. The maximum Gasteiger partial charge on any atom is 0.234 e. The van der Waals surface area contributed by atoms with Crippen LogP contribution in [0.4, 0.5) is 0 Å². The van der Waals surface area contributed by atoms with Crippen LogP contribution in [-0.4, -0.2) is 16.7 Å². The van der Waals surface area contributed by atoms with E-state index in [0.717, 1.165) is 30.6 Å². The molecule has 4 rings (SSSR count). The zero-order valence-corrected chi connectivity index (χ0v) is 15.4. The van der Waals surface area contributed by atoms with Gasteiger partial charge in [-0.3, -0.25) is 9.59 Å². The molecule has 3 aliphatic rings. The number of fused-ring (bicyclic) bond motifs is 2. The summed E-state index contributed by atoms with van der Waals surface area (Å²) >= 11 is 0. The molecule has 26 heavy (non-hydrogen) atoms. The molecule has 1 aromatic rings. The molecule has 3 aliphatic carbocycles. The van der Waals surface area contributed by atoms with E-state index in [0.29, 0.717) is 23.1 Å². The molecule has 0 aliphatic heterocycles. The second-order valence-corrected chi connectivity index (χ2v) is 8.32. The first-order valence-corrected chi connectivity index (χ1v) is 10.3. The largest absolute Gasteiger partial charge is 0.507 e. The van der Waals surface area contributed by atoms with E-state index in [4.69, 9.17) is 0 Å². The Morgan fingerprint density at radius 3 is 2.46 bits per heavy atom. The summed E-state index contributed by atoms with van der Waals surface area (Å²) in [7, 11) is 0. The smallest absolute Gasteiger partial charge is 0.234 e. The predicted molar refractivity (Wildman–Crippen MR) is 102 cm³/mol. The normalized spacial score (nSPS) is 28.7. The third kappa shape index (κ3) is 3.13. The van der Waals surface area contributed by atoms with E-state index in [2.05, 4.69) is 0 Å². The van der Waals surface area contributed by atoms with Crippen molar-refractivity contribution in [3.8, 4) is 0 Å². The first kappa shape index (κ1) is 17.5. The van der Waals surface area contributed by atoms with E-state index in [9.17, 15) is 14.7 Å². The maximum atomic E-state index is 12.4. The minimum absolute atomic E-state index is 0.0180. The van der Waals surface area contributed by atoms with Crippen LogP contribution in [0, 0.1) is 17.8 Å². The van der Waals surface area contributed by atoms with Gasteiger partial charge in [0.05, 0.1) is 0 Å². The Morgan fingerprint density at radius 2 is 1.62 bits per heavy atom. The van der Waals surface area contributed by atoms with Gasteiger partial charge in [0.15, 0.2) is 0 Å². The molecule has 2 fully saturated rings. The second kappa shape index (κ2) is 7.38. The van der Waals surface area contributed by atoms with Crippen molar-refractivity contribution in [3.05, 3.63) is 41.0 Å². The van der Waals surface area contributed by atoms with Gasteiger partial charge in [-0.05, 0) is 43.4 Å². The molecule has 0 saturated heterocycles. The van der Waals surface area contributed by atoms with Gasteiger partial charge in [-0.1, -0.05) is 62.8 Å². The van der Waals surface area contributed by atoms with Crippen LogP contribution in [0.2, 0.25) is 0 Å². The number of hydrogen-bond donors (Lipinski definition) is 1. The van der Waals surface area contributed by atoms with Crippen molar-refractivity contribution in [2.24, 2.45) is 17.8 Å². The molecule has 0 amide bonds. The van der Waals surface area contributed by atoms with Crippen LogP contribution < -0.4 is 0 Å². The molecule has 0 aromatic heterocycles. The van der Waals surface area contributed by atoms with Gasteiger partial charge in [-0.2, -0.15) is 0 Å². The summed E-state index contributed by atoms with van der Waals surface area (Å²) in [5.41, 5.74) is 1.16. The SMILES string of the molecule is O=C1C(=O)c2ccccc2C(O)=C1CCC[C@@H]1CCC[C@@H]2CCCC[C@@H]12. The first-order chi connectivity index (χ1) is 12.7. The standard InChI is InChI=1S/C23H28O3/c24-21-18-12-3-4-13-19(18)22(25)23(26)20(21)14-6-10-16-9-5-8-15-7-1-2-11-17(15)16/h3-4,12-13,15-17,24H,1-2,5-11,14H2/t15-,16-,17+/m0/s1. The Labute approximate surface area is 155 Å². The Balaban J connectivity index is 1.44. The average molecular weight is 352 g/mol. The van der Waals surface area contributed by atoms with Gasteiger partial charge in [-0.15, -0.1) is 0 Å². The highest BCUT2D eigenvalue weighted by Crippen LogP contribution is 2.45. The van der Waals surface area contributed by atoms with E-state index < -0.39 is 11.6 Å². The fourth-order valence-electron chi connectivity index (χ4n) is 5.62. The van der Waals surface area contributed by atoms with E-state index >= 15 is 0 Å². The molecule has 3 heteroatoms. The highest BCUT2D eigenvalue weighted by Gasteiger charge is 2.35. The summed E-state index contributed by atoms with van der Waals surface area (Å²) in [6.07, 6.45) is 12.1. The minimum atomic E-state index is -0.514. The fraction of sp³-hybridized carbons (Fsp3) is 0.565. The number of ketones is 2. The van der Waals surface area contributed by atoms with Gasteiger partial charge < -0.3 is 5.11 Å². The molecule has 0 bridgehead atoms. The van der Waals surface area contributed by atoms with Gasteiger partial charge in [0, 0.05) is 16.7 Å². The van der Waals surface area contributed by atoms with E-state index in [1.54, 1.807) is 24.3 Å². The quantitative estimate of drug-likeness (QED) is 0.728. The zero-order chi connectivity index (χ0) is 18.1. The molecule has 1 aromatic carbocycles. The highest BCUT2D eigenvalue weighted by atomic mass is 16.3. The molecule has 2 saturated carbocycles. The lowest BCUT2D eigenvalue weighted by molar-refractivity contribution is -0.112. The van der Waals surface area contributed by atoms with Gasteiger partial charge in [0.25, 0.3) is 0 Å². The molecular weight excluding hydrogens is 324 g/mol. The van der Waals surface area contributed by atoms with Crippen LogP contribution in [0.25, 0.3) is 5.76 Å². The molecule has 0 radical (unpaired) electrons. The number of benzene rings is 1. The molecule has 3 atom stereocenters. The van der Waals surface area contributed by atoms with Crippen molar-refractivity contribution < 1.29 is 14.7 Å². The summed E-state index contributed by atoms with van der Waals surface area (Å²) in [4.78, 5) is 24.8. The second-order valence-electron chi connectivity index (χ2n) is 8.32. The average Bonchev–Trinajstić information content (AvgIpc) is 2.69. The van der Waals surface area contributed by atoms with E-state index in [1.807, 2.05) is 0 Å². The lowest BCUT2D eigenvalue weighted by Crippen LogP contribution is -2.31. The monoisotopic (exact) mass is 352 g/mol. The first-order valence-electron chi connectivity index (χ1n) is 10.3. The maximum absolute atomic E-state index is 12.4. The molecule has 1 N–H and O–H groups in total. The van der Waals surface area contributed by atoms with Gasteiger partial charge in [0.1, 0.15) is 5.76 Å². The Morgan fingerprint density at radius 1 is 0.885 bits per heavy atom. The Bertz CT molecular complexity index is 744. The third-order valence-electron chi connectivity index (χ3n) is 6.92. The highest BCUT2D eigenvalue weighted by molar-refractivity contribution is 6.52. The third-order valence-corrected chi connectivity index (χ3v) is 6.92. The molecule has 0 spiro atoms. The van der Waals surface area contributed by atoms with Gasteiger partial charge in [-0.25, -0.2) is 0 Å². The summed E-state index contributed by atoms with van der Waals surface area (Å²) in [6, 6.07) is 6.86. The van der Waals surface area contributed by atoms with Crippen molar-refractivity contribution >= 4 is 17.3 Å². The van der Waals surface area contributed by atoms with Gasteiger partial charge >= 0.3 is 0 Å². The molecule has 0 unspecified atom stereocenters. The topological polar surface area (TPSA) is 54.4 Å². The van der Waals surface area contributed by atoms with E-state index in [1.165, 1.54) is 44.9 Å². The number of carbonyl (C=O) groups excluding carboxylic acids is 2. The van der Waals surface area contributed by atoms with Crippen LogP contribution in [0.1, 0.15) is 80.1 Å². The lowest BCUT2D eigenvalue weighted by Gasteiger charge is -2.41. The number of aliphatic hydroxyl groups is 1. The molecule has 138 valence electrons.